The van der Waals surface area contributed by atoms with Gasteiger partial charge in [-0.3, -0.25) is 0 Å². The van der Waals surface area contributed by atoms with Crippen molar-refractivity contribution < 1.29 is 18.3 Å². The number of rotatable bonds is 3. The Labute approximate surface area is 144 Å². The van der Waals surface area contributed by atoms with E-state index >= 15 is 0 Å². The molecule has 0 aliphatic carbocycles. The number of carbonyl (C=O) groups excluding carboxylic acids is 1. The minimum atomic E-state index is -0.986. The van der Waals surface area contributed by atoms with E-state index in [1.807, 2.05) is 24.3 Å². The third-order valence-corrected chi connectivity index (χ3v) is 4.16. The number of amides is 2. The molecule has 7 heteroatoms. The van der Waals surface area contributed by atoms with Gasteiger partial charge in [0.1, 0.15) is 5.75 Å². The molecule has 0 bridgehead atoms. The first-order chi connectivity index (χ1) is 12.1. The molecule has 25 heavy (non-hydrogen) atoms. The number of benzene rings is 2. The van der Waals surface area contributed by atoms with Crippen molar-refractivity contribution in [3.8, 4) is 5.75 Å². The van der Waals surface area contributed by atoms with Gasteiger partial charge in [0, 0.05) is 49.7 Å². The van der Waals surface area contributed by atoms with Gasteiger partial charge < -0.3 is 19.9 Å². The predicted octanol–water partition coefficient (Wildman–Crippen LogP) is 3.33. The van der Waals surface area contributed by atoms with E-state index in [0.29, 0.717) is 26.2 Å². The van der Waals surface area contributed by atoms with Crippen LogP contribution in [-0.2, 0) is 0 Å². The van der Waals surface area contributed by atoms with Crippen molar-refractivity contribution >= 4 is 17.4 Å². The van der Waals surface area contributed by atoms with Gasteiger partial charge in [-0.2, -0.15) is 0 Å². The Kier molecular flexibility index (Phi) is 5.02. The van der Waals surface area contributed by atoms with E-state index in [1.54, 1.807) is 12.0 Å². The van der Waals surface area contributed by atoms with Crippen molar-refractivity contribution in [2.24, 2.45) is 0 Å². The molecule has 3 rings (SSSR count). The lowest BCUT2D eigenvalue weighted by molar-refractivity contribution is 0.208. The molecule has 1 saturated heterocycles. The lowest BCUT2D eigenvalue weighted by Crippen LogP contribution is -2.50. The maximum Gasteiger partial charge on any atom is 0.321 e. The van der Waals surface area contributed by atoms with E-state index in [9.17, 15) is 13.6 Å². The van der Waals surface area contributed by atoms with Crippen molar-refractivity contribution in [1.29, 1.82) is 0 Å². The smallest absolute Gasteiger partial charge is 0.321 e. The maximum absolute atomic E-state index is 13.2. The number of anilines is 2. The predicted molar refractivity (Wildman–Crippen MR) is 92.2 cm³/mol. The zero-order chi connectivity index (χ0) is 17.8. The first-order valence-electron chi connectivity index (χ1n) is 7.97. The largest absolute Gasteiger partial charge is 0.497 e. The van der Waals surface area contributed by atoms with E-state index < -0.39 is 11.6 Å². The number of ether oxygens (including phenoxy) is 1. The fourth-order valence-corrected chi connectivity index (χ4v) is 2.75. The Bertz CT molecular complexity index is 762. The van der Waals surface area contributed by atoms with Gasteiger partial charge in [0.05, 0.1) is 7.11 Å². The summed E-state index contributed by atoms with van der Waals surface area (Å²) in [5.74, 6) is -1.14. The number of nitrogens with one attached hydrogen (secondary N) is 1. The lowest BCUT2D eigenvalue weighted by atomic mass is 10.2. The average Bonchev–Trinajstić information content (AvgIpc) is 2.65. The molecule has 2 aromatic carbocycles. The third kappa shape index (κ3) is 3.99. The minimum Gasteiger partial charge on any atom is -0.497 e. The number of carbonyl (C=O) groups is 1. The van der Waals surface area contributed by atoms with Gasteiger partial charge in [0.15, 0.2) is 11.6 Å². The molecule has 1 aliphatic heterocycles. The van der Waals surface area contributed by atoms with E-state index in [4.69, 9.17) is 4.74 Å². The normalized spacial score (nSPS) is 14.4. The molecule has 2 aromatic rings. The second-order valence-corrected chi connectivity index (χ2v) is 5.73. The van der Waals surface area contributed by atoms with Gasteiger partial charge >= 0.3 is 6.03 Å². The second kappa shape index (κ2) is 7.38. The number of methoxy groups -OCH3 is 1. The summed E-state index contributed by atoms with van der Waals surface area (Å²) in [5.41, 5.74) is 1.28. The highest BCUT2D eigenvalue weighted by Crippen LogP contribution is 2.22. The zero-order valence-corrected chi connectivity index (χ0v) is 13.8. The Morgan fingerprint density at radius 3 is 2.48 bits per heavy atom. The van der Waals surface area contributed by atoms with Gasteiger partial charge in [-0.15, -0.1) is 0 Å². The maximum atomic E-state index is 13.2. The quantitative estimate of drug-likeness (QED) is 0.926. The second-order valence-electron chi connectivity index (χ2n) is 5.73. The highest BCUT2D eigenvalue weighted by Gasteiger charge is 2.21. The first kappa shape index (κ1) is 17.0. The number of halogens is 2. The molecule has 0 atom stereocenters. The van der Waals surface area contributed by atoms with Crippen molar-refractivity contribution in [2.75, 3.05) is 43.5 Å². The molecular formula is C18H19F2N3O2. The monoisotopic (exact) mass is 347 g/mol. The highest BCUT2D eigenvalue weighted by atomic mass is 19.2. The van der Waals surface area contributed by atoms with Crippen LogP contribution in [0.25, 0.3) is 0 Å². The van der Waals surface area contributed by atoms with Crippen molar-refractivity contribution in [3.05, 3.63) is 54.1 Å². The fourth-order valence-electron chi connectivity index (χ4n) is 2.75. The van der Waals surface area contributed by atoms with Crippen LogP contribution in [0.15, 0.2) is 42.5 Å². The molecule has 1 heterocycles. The summed E-state index contributed by atoms with van der Waals surface area (Å²) in [4.78, 5) is 16.1. The summed E-state index contributed by atoms with van der Waals surface area (Å²) >= 11 is 0. The third-order valence-electron chi connectivity index (χ3n) is 4.16. The number of urea groups is 1. The van der Waals surface area contributed by atoms with Gasteiger partial charge in [-0.1, -0.05) is 6.07 Å². The molecule has 2 amide bonds. The Hall–Kier alpha value is -2.83. The topological polar surface area (TPSA) is 44.8 Å². The van der Waals surface area contributed by atoms with Crippen LogP contribution in [0, 0.1) is 11.6 Å². The van der Waals surface area contributed by atoms with Gasteiger partial charge in [0.2, 0.25) is 0 Å². The zero-order valence-electron chi connectivity index (χ0n) is 13.8. The molecule has 1 aliphatic rings. The van der Waals surface area contributed by atoms with Crippen LogP contribution in [0.1, 0.15) is 0 Å². The van der Waals surface area contributed by atoms with E-state index in [1.165, 1.54) is 6.07 Å². The Balaban J connectivity index is 1.57. The number of piperazine rings is 1. The van der Waals surface area contributed by atoms with E-state index in [0.717, 1.165) is 23.6 Å². The Morgan fingerprint density at radius 1 is 1.04 bits per heavy atom. The van der Waals surface area contributed by atoms with Crippen LogP contribution in [0.3, 0.4) is 0 Å². The van der Waals surface area contributed by atoms with Crippen LogP contribution < -0.4 is 15.0 Å². The molecule has 132 valence electrons. The Morgan fingerprint density at radius 2 is 1.80 bits per heavy atom. The molecule has 0 radical (unpaired) electrons. The fraction of sp³-hybridized carbons (Fsp3) is 0.278. The van der Waals surface area contributed by atoms with Gasteiger partial charge in [-0.05, 0) is 24.3 Å². The summed E-state index contributed by atoms with van der Waals surface area (Å²) in [6.45, 7) is 2.43. The standard InChI is InChI=1S/C18H19F2N3O2/c1-25-15-4-2-3-14(12-15)22-7-9-23(10-8-22)18(24)21-13-5-6-16(19)17(20)11-13/h2-6,11-12H,7-10H2,1H3,(H,21,24). The van der Waals surface area contributed by atoms with Crippen LogP contribution in [0.5, 0.6) is 5.75 Å². The van der Waals surface area contributed by atoms with E-state index in [-0.39, 0.29) is 11.7 Å². The van der Waals surface area contributed by atoms with Gasteiger partial charge in [0.25, 0.3) is 0 Å². The van der Waals surface area contributed by atoms with E-state index in [2.05, 4.69) is 10.2 Å². The molecular weight excluding hydrogens is 328 g/mol. The van der Waals surface area contributed by atoms with Crippen molar-refractivity contribution in [3.63, 3.8) is 0 Å². The molecule has 5 nitrogen and oxygen atoms in total. The lowest BCUT2D eigenvalue weighted by Gasteiger charge is -2.36. The van der Waals surface area contributed by atoms with Crippen LogP contribution in [-0.4, -0.2) is 44.2 Å². The van der Waals surface area contributed by atoms with Crippen LogP contribution >= 0.6 is 0 Å². The first-order valence-corrected chi connectivity index (χ1v) is 7.97. The molecule has 0 saturated carbocycles. The van der Waals surface area contributed by atoms with Crippen molar-refractivity contribution in [2.45, 2.75) is 0 Å². The molecule has 1 fully saturated rings. The molecule has 0 spiro atoms. The number of hydrogen-bond acceptors (Lipinski definition) is 3. The summed E-state index contributed by atoms with van der Waals surface area (Å²) in [6.07, 6.45) is 0. The minimum absolute atomic E-state index is 0.235. The van der Waals surface area contributed by atoms with Gasteiger partial charge in [-0.25, -0.2) is 13.6 Å². The molecule has 1 N–H and O–H groups in total. The number of nitrogens with zero attached hydrogens (tertiary/aromatic N) is 2. The SMILES string of the molecule is COc1cccc(N2CCN(C(=O)Nc3ccc(F)c(F)c3)CC2)c1. The summed E-state index contributed by atoms with van der Waals surface area (Å²) < 4.78 is 31.4. The molecule has 0 unspecified atom stereocenters. The highest BCUT2D eigenvalue weighted by molar-refractivity contribution is 5.89. The van der Waals surface area contributed by atoms with Crippen molar-refractivity contribution in [1.82, 2.24) is 4.90 Å². The number of hydrogen-bond donors (Lipinski definition) is 1. The summed E-state index contributed by atoms with van der Waals surface area (Å²) in [7, 11) is 1.62. The summed E-state index contributed by atoms with van der Waals surface area (Å²) in [5, 5.41) is 2.59. The molecule has 0 aromatic heterocycles. The summed E-state index contributed by atoms with van der Waals surface area (Å²) in [6, 6.07) is 10.7. The van der Waals surface area contributed by atoms with Crippen LogP contribution in [0.2, 0.25) is 0 Å². The van der Waals surface area contributed by atoms with Crippen LogP contribution in [0.4, 0.5) is 25.0 Å². The average molecular weight is 347 g/mol.